The molecular weight excluding hydrogens is 179 g/mol. The zero-order valence-electron chi connectivity index (χ0n) is 8.84. The Balaban J connectivity index is 1.64. The number of halogens is 1. The Morgan fingerprint density at radius 1 is 1.36 bits per heavy atom. The average molecular weight is 200 g/mol. The van der Waals surface area contributed by atoms with Gasteiger partial charge in [0.2, 0.25) is 0 Å². The number of alkyl halides is 1. The number of likely N-dealkylation sites (tertiary alicyclic amines) is 1. The van der Waals surface area contributed by atoms with E-state index in [2.05, 4.69) is 10.2 Å². The van der Waals surface area contributed by atoms with E-state index in [9.17, 15) is 4.39 Å². The first-order chi connectivity index (χ1) is 6.84. The van der Waals surface area contributed by atoms with E-state index in [0.29, 0.717) is 6.54 Å². The van der Waals surface area contributed by atoms with Crippen LogP contribution < -0.4 is 5.32 Å². The minimum absolute atomic E-state index is 0.564. The number of rotatable bonds is 3. The second-order valence-corrected chi connectivity index (χ2v) is 4.69. The Morgan fingerprint density at radius 3 is 3.00 bits per heavy atom. The third-order valence-corrected chi connectivity index (χ3v) is 3.46. The van der Waals surface area contributed by atoms with Crippen molar-refractivity contribution in [3.8, 4) is 0 Å². The molecule has 2 atom stereocenters. The van der Waals surface area contributed by atoms with E-state index in [1.165, 1.54) is 25.9 Å². The van der Waals surface area contributed by atoms with Crippen LogP contribution in [-0.4, -0.2) is 43.8 Å². The zero-order valence-corrected chi connectivity index (χ0v) is 8.84. The summed E-state index contributed by atoms with van der Waals surface area (Å²) in [6, 6.07) is 0. The van der Waals surface area contributed by atoms with Crippen LogP contribution in [0.5, 0.6) is 0 Å². The lowest BCUT2D eigenvalue weighted by Gasteiger charge is -2.29. The molecule has 82 valence electrons. The maximum atomic E-state index is 13.1. The van der Waals surface area contributed by atoms with Crippen LogP contribution in [0.4, 0.5) is 4.39 Å². The van der Waals surface area contributed by atoms with Crippen molar-refractivity contribution in [3.05, 3.63) is 0 Å². The van der Waals surface area contributed by atoms with Crippen molar-refractivity contribution >= 4 is 0 Å². The molecule has 2 aliphatic heterocycles. The van der Waals surface area contributed by atoms with Gasteiger partial charge in [0.15, 0.2) is 0 Å². The van der Waals surface area contributed by atoms with Gasteiger partial charge in [0.1, 0.15) is 6.17 Å². The van der Waals surface area contributed by atoms with E-state index in [-0.39, 0.29) is 0 Å². The van der Waals surface area contributed by atoms with Gasteiger partial charge in [-0.1, -0.05) is 0 Å². The number of nitrogens with zero attached hydrogens (tertiary/aromatic N) is 1. The van der Waals surface area contributed by atoms with Gasteiger partial charge in [0.25, 0.3) is 0 Å². The summed E-state index contributed by atoms with van der Waals surface area (Å²) in [4.78, 5) is 2.30. The van der Waals surface area contributed by atoms with E-state index in [0.717, 1.165) is 31.8 Å². The van der Waals surface area contributed by atoms with Gasteiger partial charge in [0.05, 0.1) is 0 Å². The number of nitrogens with one attached hydrogen (secondary N) is 1. The number of hydrogen-bond acceptors (Lipinski definition) is 2. The predicted octanol–water partition coefficient (Wildman–Crippen LogP) is 1.42. The van der Waals surface area contributed by atoms with Crippen molar-refractivity contribution in [1.82, 2.24) is 10.2 Å². The first-order valence-corrected chi connectivity index (χ1v) is 5.92. The fraction of sp³-hybridized carbons (Fsp3) is 1.00. The molecule has 3 heteroatoms. The molecular formula is C11H21FN2. The van der Waals surface area contributed by atoms with Crippen molar-refractivity contribution in [3.63, 3.8) is 0 Å². The highest BCUT2D eigenvalue weighted by molar-refractivity contribution is 4.76. The smallest absolute Gasteiger partial charge is 0.113 e. The summed E-state index contributed by atoms with van der Waals surface area (Å²) in [7, 11) is 0. The fourth-order valence-electron chi connectivity index (χ4n) is 2.53. The van der Waals surface area contributed by atoms with Gasteiger partial charge in [-0.3, -0.25) is 0 Å². The third-order valence-electron chi connectivity index (χ3n) is 3.46. The molecule has 0 aromatic carbocycles. The van der Waals surface area contributed by atoms with E-state index in [1.54, 1.807) is 0 Å². The molecule has 2 saturated heterocycles. The first kappa shape index (κ1) is 10.4. The molecule has 0 aromatic rings. The molecule has 0 radical (unpaired) electrons. The summed E-state index contributed by atoms with van der Waals surface area (Å²) in [6.45, 7) is 5.25. The first-order valence-electron chi connectivity index (χ1n) is 5.92. The lowest BCUT2D eigenvalue weighted by atomic mass is 10.0. The normalized spacial score (nSPS) is 34.9. The van der Waals surface area contributed by atoms with Crippen LogP contribution in [0.3, 0.4) is 0 Å². The molecule has 2 nitrogen and oxygen atoms in total. The molecule has 1 N–H and O–H groups in total. The standard InChI is InChI=1S/C11H21FN2/c12-11-2-1-6-14(9-11)7-4-10-3-5-13-8-10/h10-11,13H,1-9H2/t10-,11?/m0/s1. The largest absolute Gasteiger partial charge is 0.316 e. The molecule has 1 unspecified atom stereocenters. The van der Waals surface area contributed by atoms with Crippen molar-refractivity contribution < 1.29 is 4.39 Å². The Morgan fingerprint density at radius 2 is 2.29 bits per heavy atom. The minimum atomic E-state index is -0.564. The maximum Gasteiger partial charge on any atom is 0.113 e. The summed E-state index contributed by atoms with van der Waals surface area (Å²) in [6.07, 6.45) is 3.82. The SMILES string of the molecule is FC1CCCN(CC[C@@H]2CCNC2)C1. The van der Waals surface area contributed by atoms with Crippen molar-refractivity contribution in [2.24, 2.45) is 5.92 Å². The van der Waals surface area contributed by atoms with Gasteiger partial charge in [-0.05, 0) is 57.8 Å². The summed E-state index contributed by atoms with van der Waals surface area (Å²) in [5, 5.41) is 3.38. The molecule has 2 fully saturated rings. The Hall–Kier alpha value is -0.150. The van der Waals surface area contributed by atoms with Crippen LogP contribution in [0.1, 0.15) is 25.7 Å². The molecule has 0 amide bonds. The molecule has 0 spiro atoms. The monoisotopic (exact) mass is 200 g/mol. The highest BCUT2D eigenvalue weighted by Gasteiger charge is 2.20. The molecule has 0 aromatic heterocycles. The van der Waals surface area contributed by atoms with E-state index in [4.69, 9.17) is 0 Å². The predicted molar refractivity (Wildman–Crippen MR) is 56.2 cm³/mol. The lowest BCUT2D eigenvalue weighted by Crippen LogP contribution is -2.37. The van der Waals surface area contributed by atoms with Crippen LogP contribution >= 0.6 is 0 Å². The van der Waals surface area contributed by atoms with Crippen molar-refractivity contribution in [2.75, 3.05) is 32.7 Å². The molecule has 0 saturated carbocycles. The molecule has 0 aliphatic carbocycles. The maximum absolute atomic E-state index is 13.1. The van der Waals surface area contributed by atoms with Gasteiger partial charge in [-0.25, -0.2) is 4.39 Å². The van der Waals surface area contributed by atoms with E-state index < -0.39 is 6.17 Å². The fourth-order valence-corrected chi connectivity index (χ4v) is 2.53. The molecule has 2 rings (SSSR count). The Labute approximate surface area is 85.9 Å². The second-order valence-electron chi connectivity index (χ2n) is 4.69. The topological polar surface area (TPSA) is 15.3 Å². The van der Waals surface area contributed by atoms with Gasteiger partial charge >= 0.3 is 0 Å². The van der Waals surface area contributed by atoms with Gasteiger partial charge < -0.3 is 10.2 Å². The van der Waals surface area contributed by atoms with E-state index in [1.807, 2.05) is 0 Å². The van der Waals surface area contributed by atoms with Crippen molar-refractivity contribution in [2.45, 2.75) is 31.9 Å². The van der Waals surface area contributed by atoms with Gasteiger partial charge in [-0.2, -0.15) is 0 Å². The van der Waals surface area contributed by atoms with Gasteiger partial charge in [-0.15, -0.1) is 0 Å². The average Bonchev–Trinajstić information content (AvgIpc) is 2.67. The molecule has 2 heterocycles. The second kappa shape index (κ2) is 5.08. The minimum Gasteiger partial charge on any atom is -0.316 e. The summed E-state index contributed by atoms with van der Waals surface area (Å²) in [5.41, 5.74) is 0. The number of hydrogen-bond donors (Lipinski definition) is 1. The number of piperidine rings is 1. The van der Waals surface area contributed by atoms with Crippen LogP contribution in [-0.2, 0) is 0 Å². The van der Waals surface area contributed by atoms with Crippen LogP contribution in [0.15, 0.2) is 0 Å². The quantitative estimate of drug-likeness (QED) is 0.741. The van der Waals surface area contributed by atoms with E-state index >= 15 is 0 Å². The lowest BCUT2D eigenvalue weighted by molar-refractivity contribution is 0.133. The summed E-state index contributed by atoms with van der Waals surface area (Å²) >= 11 is 0. The summed E-state index contributed by atoms with van der Waals surface area (Å²) in [5.74, 6) is 0.843. The molecule has 14 heavy (non-hydrogen) atoms. The van der Waals surface area contributed by atoms with Crippen LogP contribution in [0, 0.1) is 5.92 Å². The highest BCUT2D eigenvalue weighted by atomic mass is 19.1. The zero-order chi connectivity index (χ0) is 9.80. The third kappa shape index (κ3) is 2.92. The van der Waals surface area contributed by atoms with Crippen molar-refractivity contribution in [1.29, 1.82) is 0 Å². The van der Waals surface area contributed by atoms with Crippen LogP contribution in [0.25, 0.3) is 0 Å². The highest BCUT2D eigenvalue weighted by Crippen LogP contribution is 2.17. The Kier molecular flexibility index (Phi) is 3.76. The van der Waals surface area contributed by atoms with Crippen LogP contribution in [0.2, 0.25) is 0 Å². The van der Waals surface area contributed by atoms with Gasteiger partial charge in [0, 0.05) is 6.54 Å². The Bertz CT molecular complexity index is 169. The molecule has 0 bridgehead atoms. The summed E-state index contributed by atoms with van der Waals surface area (Å²) < 4.78 is 13.1. The molecule has 2 aliphatic rings.